The second-order valence-corrected chi connectivity index (χ2v) is 9.78. The standard InChI is InChI=1S/C22H30O3S/c1-18(2)10-6-4-7-11-19(3)22(16-14-20(23)15-17-22)26(24,25)21-12-8-5-9-13-21/h5,8-10,12-14,16,19H,4,6-7,11,15,17H2,1-3H3/t19-,22+/m0/s1. The first-order valence-electron chi connectivity index (χ1n) is 9.45. The summed E-state index contributed by atoms with van der Waals surface area (Å²) in [6.45, 7) is 6.20. The quantitative estimate of drug-likeness (QED) is 0.459. The van der Waals surface area contributed by atoms with Gasteiger partial charge in [-0.2, -0.15) is 0 Å². The van der Waals surface area contributed by atoms with Crippen molar-refractivity contribution < 1.29 is 13.2 Å². The van der Waals surface area contributed by atoms with Crippen molar-refractivity contribution in [2.45, 2.75) is 68.9 Å². The molecular formula is C22H30O3S. The van der Waals surface area contributed by atoms with E-state index in [1.807, 2.05) is 13.0 Å². The Bertz CT molecular complexity index is 771. The summed E-state index contributed by atoms with van der Waals surface area (Å²) in [6, 6.07) is 8.63. The van der Waals surface area contributed by atoms with Crippen LogP contribution in [-0.4, -0.2) is 18.9 Å². The van der Waals surface area contributed by atoms with Gasteiger partial charge in [0.1, 0.15) is 0 Å². The van der Waals surface area contributed by atoms with Crippen LogP contribution in [0.4, 0.5) is 0 Å². The predicted molar refractivity (Wildman–Crippen MR) is 107 cm³/mol. The molecule has 0 heterocycles. The summed E-state index contributed by atoms with van der Waals surface area (Å²) in [7, 11) is -3.55. The first-order valence-corrected chi connectivity index (χ1v) is 10.9. The van der Waals surface area contributed by atoms with E-state index < -0.39 is 14.6 Å². The fourth-order valence-corrected chi connectivity index (χ4v) is 5.89. The zero-order valence-electron chi connectivity index (χ0n) is 16.1. The minimum atomic E-state index is -3.55. The highest BCUT2D eigenvalue weighted by atomic mass is 32.2. The van der Waals surface area contributed by atoms with E-state index in [9.17, 15) is 13.2 Å². The van der Waals surface area contributed by atoms with E-state index in [1.165, 1.54) is 11.6 Å². The fourth-order valence-electron chi connectivity index (χ4n) is 3.67. The average molecular weight is 375 g/mol. The lowest BCUT2D eigenvalue weighted by atomic mass is 9.81. The molecule has 0 bridgehead atoms. The van der Waals surface area contributed by atoms with Crippen molar-refractivity contribution in [1.82, 2.24) is 0 Å². The Morgan fingerprint density at radius 2 is 1.88 bits per heavy atom. The molecule has 0 unspecified atom stereocenters. The molecule has 2 rings (SSSR count). The number of sulfone groups is 1. The van der Waals surface area contributed by atoms with Crippen molar-refractivity contribution in [3.05, 3.63) is 54.1 Å². The second kappa shape index (κ2) is 8.81. The van der Waals surface area contributed by atoms with Crippen LogP contribution in [0.5, 0.6) is 0 Å². The molecule has 1 aromatic rings. The maximum Gasteiger partial charge on any atom is 0.187 e. The largest absolute Gasteiger partial charge is 0.295 e. The number of rotatable bonds is 8. The molecule has 2 atom stereocenters. The van der Waals surface area contributed by atoms with Gasteiger partial charge in [-0.3, -0.25) is 4.79 Å². The summed E-state index contributed by atoms with van der Waals surface area (Å²) in [5.74, 6) is -0.0246. The molecule has 1 aliphatic rings. The third-order valence-corrected chi connectivity index (χ3v) is 7.98. The van der Waals surface area contributed by atoms with E-state index in [4.69, 9.17) is 0 Å². The number of unbranched alkanes of at least 4 members (excludes halogenated alkanes) is 2. The van der Waals surface area contributed by atoms with Crippen LogP contribution >= 0.6 is 0 Å². The van der Waals surface area contributed by atoms with Gasteiger partial charge in [0.15, 0.2) is 15.6 Å². The molecule has 0 radical (unpaired) electrons. The summed E-state index contributed by atoms with van der Waals surface area (Å²) in [5.41, 5.74) is 1.31. The average Bonchev–Trinajstić information content (AvgIpc) is 2.62. The topological polar surface area (TPSA) is 51.2 Å². The molecule has 142 valence electrons. The van der Waals surface area contributed by atoms with Crippen LogP contribution in [-0.2, 0) is 14.6 Å². The molecule has 1 aromatic carbocycles. The third kappa shape index (κ3) is 4.53. The molecular weight excluding hydrogens is 344 g/mol. The first-order chi connectivity index (χ1) is 12.3. The summed E-state index contributed by atoms with van der Waals surface area (Å²) in [5, 5.41) is 0. The van der Waals surface area contributed by atoms with Crippen molar-refractivity contribution in [1.29, 1.82) is 0 Å². The molecule has 0 aromatic heterocycles. The van der Waals surface area contributed by atoms with Gasteiger partial charge in [-0.05, 0) is 63.7 Å². The zero-order valence-corrected chi connectivity index (χ0v) is 16.9. The van der Waals surface area contributed by atoms with Gasteiger partial charge in [0.25, 0.3) is 0 Å². The molecule has 0 aliphatic heterocycles. The maximum atomic E-state index is 13.5. The Hall–Kier alpha value is -1.68. The van der Waals surface area contributed by atoms with Gasteiger partial charge in [-0.15, -0.1) is 0 Å². The molecule has 4 heteroatoms. The minimum Gasteiger partial charge on any atom is -0.295 e. The highest BCUT2D eigenvalue weighted by molar-refractivity contribution is 7.93. The van der Waals surface area contributed by atoms with Crippen LogP contribution in [0, 0.1) is 5.92 Å². The monoisotopic (exact) mass is 374 g/mol. The summed E-state index contributed by atoms with van der Waals surface area (Å²) < 4.78 is 25.9. The lowest BCUT2D eigenvalue weighted by molar-refractivity contribution is -0.115. The molecule has 0 fully saturated rings. The Morgan fingerprint density at radius 3 is 2.46 bits per heavy atom. The summed E-state index contributed by atoms with van der Waals surface area (Å²) in [4.78, 5) is 12.1. The van der Waals surface area contributed by atoms with Crippen LogP contribution in [0.2, 0.25) is 0 Å². The molecule has 0 spiro atoms. The molecule has 26 heavy (non-hydrogen) atoms. The molecule has 0 amide bonds. The number of hydrogen-bond donors (Lipinski definition) is 0. The number of hydrogen-bond acceptors (Lipinski definition) is 3. The maximum absolute atomic E-state index is 13.5. The first kappa shape index (κ1) is 20.6. The summed E-state index contributed by atoms with van der Waals surface area (Å²) in [6.07, 6.45) is 9.94. The van der Waals surface area contributed by atoms with E-state index in [1.54, 1.807) is 30.3 Å². The van der Waals surface area contributed by atoms with Crippen molar-refractivity contribution in [3.8, 4) is 0 Å². The van der Waals surface area contributed by atoms with E-state index >= 15 is 0 Å². The third-order valence-electron chi connectivity index (χ3n) is 5.35. The summed E-state index contributed by atoms with van der Waals surface area (Å²) >= 11 is 0. The van der Waals surface area contributed by atoms with Crippen LogP contribution in [0.25, 0.3) is 0 Å². The van der Waals surface area contributed by atoms with E-state index in [0.29, 0.717) is 17.7 Å². The smallest absolute Gasteiger partial charge is 0.187 e. The number of benzene rings is 1. The normalized spacial score (nSPS) is 21.4. The lowest BCUT2D eigenvalue weighted by Gasteiger charge is -2.38. The van der Waals surface area contributed by atoms with Crippen LogP contribution < -0.4 is 0 Å². The van der Waals surface area contributed by atoms with Crippen LogP contribution in [0.15, 0.2) is 59.0 Å². The van der Waals surface area contributed by atoms with Gasteiger partial charge in [-0.1, -0.05) is 49.3 Å². The molecule has 0 N–H and O–H groups in total. The Labute approximate surface area is 158 Å². The van der Waals surface area contributed by atoms with Crippen LogP contribution in [0.3, 0.4) is 0 Å². The van der Waals surface area contributed by atoms with Gasteiger partial charge in [-0.25, -0.2) is 8.42 Å². The van der Waals surface area contributed by atoms with Gasteiger partial charge in [0.05, 0.1) is 9.64 Å². The van der Waals surface area contributed by atoms with Gasteiger partial charge in [0.2, 0.25) is 0 Å². The van der Waals surface area contributed by atoms with Crippen molar-refractivity contribution >= 4 is 15.6 Å². The van der Waals surface area contributed by atoms with Crippen molar-refractivity contribution in [2.75, 3.05) is 0 Å². The van der Waals surface area contributed by atoms with Crippen molar-refractivity contribution in [3.63, 3.8) is 0 Å². The zero-order chi connectivity index (χ0) is 19.2. The predicted octanol–water partition coefficient (Wildman–Crippen LogP) is 5.28. The molecule has 0 saturated carbocycles. The Morgan fingerprint density at radius 1 is 1.19 bits per heavy atom. The van der Waals surface area contributed by atoms with E-state index in [-0.39, 0.29) is 11.7 Å². The highest BCUT2D eigenvalue weighted by Gasteiger charge is 2.47. The molecule has 0 saturated heterocycles. The number of ketones is 1. The van der Waals surface area contributed by atoms with E-state index in [2.05, 4.69) is 19.9 Å². The van der Waals surface area contributed by atoms with Gasteiger partial charge < -0.3 is 0 Å². The SMILES string of the molecule is CC(C)=CCCCC[C@H](C)[C@@]1(S(=O)(=O)c2ccccc2)C=CC(=O)CC1. The number of allylic oxidation sites excluding steroid dienone is 3. The highest BCUT2D eigenvalue weighted by Crippen LogP contribution is 2.42. The van der Waals surface area contributed by atoms with Crippen LogP contribution in [0.1, 0.15) is 59.3 Å². The van der Waals surface area contributed by atoms with E-state index in [0.717, 1.165) is 25.7 Å². The minimum absolute atomic E-state index is 0.0136. The second-order valence-electron chi connectivity index (χ2n) is 7.54. The molecule has 3 nitrogen and oxygen atoms in total. The Balaban J connectivity index is 2.24. The lowest BCUT2D eigenvalue weighted by Crippen LogP contribution is -2.45. The van der Waals surface area contributed by atoms with Gasteiger partial charge in [0, 0.05) is 6.42 Å². The number of carbonyl (C=O) groups excluding carboxylic acids is 1. The number of carbonyl (C=O) groups is 1. The van der Waals surface area contributed by atoms with Gasteiger partial charge >= 0.3 is 0 Å². The fraction of sp³-hybridized carbons (Fsp3) is 0.500. The Kier molecular flexibility index (Phi) is 6.99. The molecule has 1 aliphatic carbocycles. The van der Waals surface area contributed by atoms with Crippen molar-refractivity contribution in [2.24, 2.45) is 5.92 Å².